The molecule has 2 aliphatic rings. The normalized spacial score (nSPS) is 22.0. The topological polar surface area (TPSA) is 155 Å². The summed E-state index contributed by atoms with van der Waals surface area (Å²) in [5.74, 6) is -1.52. The molecule has 4 amide bonds. The Kier molecular flexibility index (Phi) is 10.7. The zero-order valence-corrected chi connectivity index (χ0v) is 26.0. The van der Waals surface area contributed by atoms with E-state index in [9.17, 15) is 28.8 Å². The number of anilines is 1. The molecular weight excluding hydrogens is 626 g/mol. The van der Waals surface area contributed by atoms with E-state index < -0.39 is 35.1 Å². The first-order chi connectivity index (χ1) is 20.0. The number of fused-ring (bicyclic) bond motifs is 2. The summed E-state index contributed by atoms with van der Waals surface area (Å²) in [7, 11) is 1.32. The maximum absolute atomic E-state index is 13.3. The third-order valence-electron chi connectivity index (χ3n) is 8.12. The van der Waals surface area contributed by atoms with Crippen LogP contribution in [0.4, 0.5) is 5.69 Å². The van der Waals surface area contributed by atoms with E-state index in [2.05, 4.69) is 44.1 Å². The molecule has 2 bridgehead atoms. The first-order valence-corrected chi connectivity index (χ1v) is 15.8. The van der Waals surface area contributed by atoms with E-state index in [4.69, 9.17) is 0 Å². The number of Topliss-reactive ketones (excluding diaryl/α,β-unsaturated/α-hetero) is 1. The number of pyridine rings is 1. The Morgan fingerprint density at radius 1 is 1.17 bits per heavy atom. The number of hydrogen-bond donors (Lipinski definition) is 4. The lowest BCUT2D eigenvalue weighted by atomic mass is 9.65. The second-order valence-corrected chi connectivity index (χ2v) is 13.0. The van der Waals surface area contributed by atoms with Crippen molar-refractivity contribution in [2.45, 2.75) is 70.5 Å². The van der Waals surface area contributed by atoms with E-state index in [0.717, 1.165) is 36.5 Å². The van der Waals surface area contributed by atoms with E-state index >= 15 is 0 Å². The van der Waals surface area contributed by atoms with Gasteiger partial charge in [0.2, 0.25) is 17.6 Å². The molecule has 42 heavy (non-hydrogen) atoms. The SMILES string of the molecule is CNC(=O)C(=O)CCC(NC(=O)c1cc(Br)cs1)C(=O)Nc1cccn(CC(=O)NC2C(C)CC3CCCC2C3)c1=O. The number of rotatable bonds is 11. The molecule has 0 saturated heterocycles. The van der Waals surface area contributed by atoms with Gasteiger partial charge in [0.1, 0.15) is 18.3 Å². The van der Waals surface area contributed by atoms with Crippen molar-refractivity contribution in [2.75, 3.05) is 12.4 Å². The van der Waals surface area contributed by atoms with Gasteiger partial charge in [-0.1, -0.05) is 19.8 Å². The van der Waals surface area contributed by atoms with E-state index in [1.54, 1.807) is 17.5 Å². The van der Waals surface area contributed by atoms with Gasteiger partial charge in [-0.2, -0.15) is 0 Å². The van der Waals surface area contributed by atoms with Crippen molar-refractivity contribution in [3.05, 3.63) is 49.5 Å². The van der Waals surface area contributed by atoms with Gasteiger partial charge < -0.3 is 25.8 Å². The molecule has 11 nitrogen and oxygen atoms in total. The third kappa shape index (κ3) is 7.94. The van der Waals surface area contributed by atoms with E-state index in [0.29, 0.717) is 21.2 Å². The van der Waals surface area contributed by atoms with Crippen molar-refractivity contribution in [1.82, 2.24) is 20.5 Å². The summed E-state index contributed by atoms with van der Waals surface area (Å²) in [5.41, 5.74) is -0.656. The molecule has 5 unspecified atom stereocenters. The molecule has 0 aromatic carbocycles. The van der Waals surface area contributed by atoms with Crippen molar-refractivity contribution >= 4 is 62.4 Å². The summed E-state index contributed by atoms with van der Waals surface area (Å²) in [6.45, 7) is 1.97. The number of carbonyl (C=O) groups is 5. The standard InChI is InChI=1S/C29H36BrN5O6S/c1-16-11-17-5-3-6-18(12-17)25(16)34-24(37)14-35-10-4-7-21(29(35)41)33-26(38)20(8-9-22(36)27(39)31-2)32-28(40)23-13-19(30)15-42-23/h4,7,10,13,15-18,20,25H,3,5-6,8-9,11-12,14H2,1-2H3,(H,31,39)(H,32,40)(H,33,38)(H,34,37). The number of carbonyl (C=O) groups excluding carboxylic acids is 5. The zero-order valence-electron chi connectivity index (χ0n) is 23.6. The van der Waals surface area contributed by atoms with Gasteiger partial charge in [-0.05, 0) is 77.6 Å². The van der Waals surface area contributed by atoms with Crippen LogP contribution in [0.2, 0.25) is 0 Å². The largest absolute Gasteiger partial charge is 0.353 e. The van der Waals surface area contributed by atoms with Crippen LogP contribution in [-0.2, 0) is 25.7 Å². The number of ketones is 1. The van der Waals surface area contributed by atoms with Crippen LogP contribution < -0.4 is 26.8 Å². The first-order valence-electron chi connectivity index (χ1n) is 14.1. The van der Waals surface area contributed by atoms with E-state index in [1.165, 1.54) is 36.7 Å². The third-order valence-corrected chi connectivity index (χ3v) is 9.81. The van der Waals surface area contributed by atoms with Gasteiger partial charge in [0, 0.05) is 35.6 Å². The van der Waals surface area contributed by atoms with Crippen LogP contribution in [0.15, 0.2) is 39.0 Å². The Morgan fingerprint density at radius 3 is 2.67 bits per heavy atom. The molecular formula is C29H36BrN5O6S. The lowest BCUT2D eigenvalue weighted by Gasteiger charge is -2.44. The number of nitrogens with zero attached hydrogens (tertiary/aromatic N) is 1. The number of thiophene rings is 1. The molecule has 5 atom stereocenters. The fourth-order valence-electron chi connectivity index (χ4n) is 6.09. The molecule has 0 aliphatic heterocycles. The van der Waals surface area contributed by atoms with Crippen LogP contribution in [0.1, 0.15) is 61.5 Å². The molecule has 226 valence electrons. The maximum Gasteiger partial charge on any atom is 0.287 e. The predicted molar refractivity (Wildman–Crippen MR) is 162 cm³/mol. The highest BCUT2D eigenvalue weighted by molar-refractivity contribution is 9.10. The molecule has 2 heterocycles. The van der Waals surface area contributed by atoms with Gasteiger partial charge in [-0.15, -0.1) is 11.3 Å². The van der Waals surface area contributed by atoms with E-state index in [1.807, 2.05) is 0 Å². The zero-order chi connectivity index (χ0) is 30.4. The minimum absolute atomic E-state index is 0.0767. The van der Waals surface area contributed by atoms with Gasteiger partial charge in [-0.25, -0.2) is 0 Å². The highest BCUT2D eigenvalue weighted by Crippen LogP contribution is 2.42. The number of hydrogen-bond acceptors (Lipinski definition) is 7. The summed E-state index contributed by atoms with van der Waals surface area (Å²) >= 11 is 4.45. The molecule has 2 aliphatic carbocycles. The molecule has 2 aromatic heterocycles. The van der Waals surface area contributed by atoms with Crippen molar-refractivity contribution in [3.63, 3.8) is 0 Å². The van der Waals surface area contributed by atoms with Crippen LogP contribution in [0.5, 0.6) is 0 Å². The van der Waals surface area contributed by atoms with Crippen LogP contribution >= 0.6 is 27.3 Å². The lowest BCUT2D eigenvalue weighted by molar-refractivity contribution is -0.137. The highest BCUT2D eigenvalue weighted by Gasteiger charge is 2.38. The molecule has 13 heteroatoms. The Hall–Kier alpha value is -3.32. The molecule has 2 fully saturated rings. The predicted octanol–water partition coefficient (Wildman–Crippen LogP) is 2.84. The molecule has 4 N–H and O–H groups in total. The van der Waals surface area contributed by atoms with Crippen LogP contribution in [0.3, 0.4) is 0 Å². The summed E-state index contributed by atoms with van der Waals surface area (Å²) in [5, 5.41) is 12.2. The van der Waals surface area contributed by atoms with Gasteiger partial charge in [0.05, 0.1) is 4.88 Å². The summed E-state index contributed by atoms with van der Waals surface area (Å²) in [6, 6.07) is 3.41. The summed E-state index contributed by atoms with van der Waals surface area (Å²) in [4.78, 5) is 76.3. The summed E-state index contributed by atoms with van der Waals surface area (Å²) in [6.07, 6.45) is 6.79. The smallest absolute Gasteiger partial charge is 0.287 e. The van der Waals surface area contributed by atoms with E-state index in [-0.39, 0.29) is 37.0 Å². The minimum Gasteiger partial charge on any atom is -0.353 e. The molecule has 0 spiro atoms. The van der Waals surface area contributed by atoms with Crippen molar-refractivity contribution in [1.29, 1.82) is 0 Å². The number of amides is 4. The van der Waals surface area contributed by atoms with Crippen molar-refractivity contribution in [2.24, 2.45) is 17.8 Å². The second kappa shape index (κ2) is 14.2. The van der Waals surface area contributed by atoms with Crippen molar-refractivity contribution < 1.29 is 24.0 Å². The van der Waals surface area contributed by atoms with Gasteiger partial charge in [-0.3, -0.25) is 28.8 Å². The average molecular weight is 663 g/mol. The maximum atomic E-state index is 13.3. The summed E-state index contributed by atoms with van der Waals surface area (Å²) < 4.78 is 1.93. The quantitative estimate of drug-likeness (QED) is 0.272. The van der Waals surface area contributed by atoms with Gasteiger partial charge in [0.25, 0.3) is 17.4 Å². The van der Waals surface area contributed by atoms with Crippen LogP contribution in [0.25, 0.3) is 0 Å². The second-order valence-electron chi connectivity index (χ2n) is 11.1. The molecule has 2 aromatic rings. The number of likely N-dealkylation sites (N-methyl/N-ethyl adjacent to an activating group) is 1. The highest BCUT2D eigenvalue weighted by atomic mass is 79.9. The Morgan fingerprint density at radius 2 is 1.95 bits per heavy atom. The minimum atomic E-state index is -1.21. The van der Waals surface area contributed by atoms with Gasteiger partial charge >= 0.3 is 0 Å². The Balaban J connectivity index is 1.43. The molecule has 0 radical (unpaired) electrons. The van der Waals surface area contributed by atoms with Crippen LogP contribution in [0, 0.1) is 17.8 Å². The van der Waals surface area contributed by atoms with Crippen molar-refractivity contribution in [3.8, 4) is 0 Å². The Labute approximate surface area is 256 Å². The average Bonchev–Trinajstić information content (AvgIpc) is 3.41. The monoisotopic (exact) mass is 661 g/mol. The first kappa shape index (κ1) is 31.6. The number of aromatic nitrogens is 1. The van der Waals surface area contributed by atoms with Crippen LogP contribution in [-0.4, -0.2) is 53.1 Å². The fourth-order valence-corrected chi connectivity index (χ4v) is 7.42. The molecule has 4 rings (SSSR count). The fraction of sp³-hybridized carbons (Fsp3) is 0.517. The lowest BCUT2D eigenvalue weighted by Crippen LogP contribution is -2.50. The van der Waals surface area contributed by atoms with Gasteiger partial charge in [0.15, 0.2) is 0 Å². The molecule has 2 saturated carbocycles. The number of halogens is 1. The number of nitrogens with one attached hydrogen (secondary N) is 4. The Bertz CT molecular complexity index is 1400.